The van der Waals surface area contributed by atoms with Crippen LogP contribution in [0.15, 0.2) is 29.8 Å². The van der Waals surface area contributed by atoms with Crippen LogP contribution >= 0.6 is 0 Å². The monoisotopic (exact) mass is 197 g/mol. The summed E-state index contributed by atoms with van der Waals surface area (Å²) in [6.07, 6.45) is 1.91. The zero-order valence-corrected chi connectivity index (χ0v) is 8.27. The van der Waals surface area contributed by atoms with Gasteiger partial charge in [0.25, 0.3) is 0 Å². The van der Waals surface area contributed by atoms with Crippen LogP contribution in [0.2, 0.25) is 0 Å². The predicted octanol–water partition coefficient (Wildman–Crippen LogP) is 3.34. The van der Waals surface area contributed by atoms with Crippen LogP contribution in [0.1, 0.15) is 13.8 Å². The van der Waals surface area contributed by atoms with Gasteiger partial charge in [-0.05, 0) is 32.0 Å². The van der Waals surface area contributed by atoms with Gasteiger partial charge in [-0.1, -0.05) is 11.6 Å². The summed E-state index contributed by atoms with van der Waals surface area (Å²) in [4.78, 5) is 0. The first-order valence-electron chi connectivity index (χ1n) is 4.42. The highest BCUT2D eigenvalue weighted by atomic mass is 19.1. The predicted molar refractivity (Wildman–Crippen MR) is 54.3 cm³/mol. The van der Waals surface area contributed by atoms with Gasteiger partial charge in [0.2, 0.25) is 0 Å². The SMILES string of the molecule is CC(C)=CCNc1cc(F)ccc1F. The van der Waals surface area contributed by atoms with E-state index in [0.29, 0.717) is 6.54 Å². The van der Waals surface area contributed by atoms with Gasteiger partial charge in [-0.25, -0.2) is 8.78 Å². The van der Waals surface area contributed by atoms with Gasteiger partial charge in [-0.2, -0.15) is 0 Å². The molecule has 0 unspecified atom stereocenters. The molecule has 0 aliphatic heterocycles. The van der Waals surface area contributed by atoms with Gasteiger partial charge in [0, 0.05) is 6.54 Å². The second-order valence-electron chi connectivity index (χ2n) is 3.29. The molecule has 76 valence electrons. The van der Waals surface area contributed by atoms with Gasteiger partial charge >= 0.3 is 0 Å². The molecule has 1 rings (SSSR count). The Morgan fingerprint density at radius 1 is 1.36 bits per heavy atom. The van der Waals surface area contributed by atoms with E-state index in [1.165, 1.54) is 0 Å². The molecular formula is C11H13F2N. The second-order valence-corrected chi connectivity index (χ2v) is 3.29. The third-order valence-electron chi connectivity index (χ3n) is 1.73. The van der Waals surface area contributed by atoms with Crippen molar-refractivity contribution in [2.75, 3.05) is 11.9 Å². The lowest BCUT2D eigenvalue weighted by Crippen LogP contribution is -2.01. The van der Waals surface area contributed by atoms with Gasteiger partial charge in [0.1, 0.15) is 11.6 Å². The van der Waals surface area contributed by atoms with E-state index < -0.39 is 11.6 Å². The normalized spacial score (nSPS) is 9.71. The van der Waals surface area contributed by atoms with E-state index in [4.69, 9.17) is 0 Å². The summed E-state index contributed by atoms with van der Waals surface area (Å²) in [6.45, 7) is 4.40. The molecule has 0 saturated carbocycles. The number of anilines is 1. The Balaban J connectivity index is 2.67. The van der Waals surface area contributed by atoms with Crippen LogP contribution in [0.4, 0.5) is 14.5 Å². The maximum atomic E-state index is 13.0. The van der Waals surface area contributed by atoms with E-state index in [1.54, 1.807) is 0 Å². The quantitative estimate of drug-likeness (QED) is 0.733. The molecule has 1 aromatic rings. The molecule has 0 fully saturated rings. The average Bonchev–Trinajstić information content (AvgIpc) is 2.10. The van der Waals surface area contributed by atoms with Gasteiger partial charge in [0.05, 0.1) is 5.69 Å². The number of hydrogen-bond donors (Lipinski definition) is 1. The molecule has 0 aliphatic carbocycles. The topological polar surface area (TPSA) is 12.0 Å². The summed E-state index contributed by atoms with van der Waals surface area (Å²) in [6, 6.07) is 3.36. The molecule has 0 spiro atoms. The fraction of sp³-hybridized carbons (Fsp3) is 0.273. The average molecular weight is 197 g/mol. The summed E-state index contributed by atoms with van der Waals surface area (Å²) in [5.74, 6) is -0.875. The van der Waals surface area contributed by atoms with E-state index in [0.717, 1.165) is 23.8 Å². The van der Waals surface area contributed by atoms with Crippen LogP contribution in [0, 0.1) is 11.6 Å². The van der Waals surface area contributed by atoms with E-state index in [2.05, 4.69) is 5.32 Å². The molecule has 0 bridgehead atoms. The minimum atomic E-state index is -0.439. The van der Waals surface area contributed by atoms with E-state index >= 15 is 0 Å². The molecular weight excluding hydrogens is 184 g/mol. The van der Waals surface area contributed by atoms with Crippen molar-refractivity contribution in [1.82, 2.24) is 0 Å². The maximum Gasteiger partial charge on any atom is 0.146 e. The Bertz CT molecular complexity index is 341. The third kappa shape index (κ3) is 3.17. The van der Waals surface area contributed by atoms with Gasteiger partial charge in [-0.3, -0.25) is 0 Å². The fourth-order valence-corrected chi connectivity index (χ4v) is 0.998. The van der Waals surface area contributed by atoms with Crippen LogP contribution in [-0.2, 0) is 0 Å². The Labute approximate surface area is 82.4 Å². The van der Waals surface area contributed by atoms with Crippen molar-refractivity contribution in [2.45, 2.75) is 13.8 Å². The summed E-state index contributed by atoms with van der Waals surface area (Å²) in [5, 5.41) is 2.79. The highest BCUT2D eigenvalue weighted by Crippen LogP contribution is 2.14. The summed E-state index contributed by atoms with van der Waals surface area (Å²) in [5.41, 5.74) is 1.33. The molecule has 0 amide bonds. The number of benzene rings is 1. The van der Waals surface area contributed by atoms with Crippen LogP contribution in [-0.4, -0.2) is 6.54 Å². The van der Waals surface area contributed by atoms with Crippen molar-refractivity contribution in [3.63, 3.8) is 0 Å². The fourth-order valence-electron chi connectivity index (χ4n) is 0.998. The van der Waals surface area contributed by atoms with Gasteiger partial charge in [-0.15, -0.1) is 0 Å². The van der Waals surface area contributed by atoms with Crippen LogP contribution in [0.25, 0.3) is 0 Å². The lowest BCUT2D eigenvalue weighted by atomic mass is 10.3. The number of nitrogens with one attached hydrogen (secondary N) is 1. The maximum absolute atomic E-state index is 13.0. The Kier molecular flexibility index (Phi) is 3.63. The van der Waals surface area contributed by atoms with Crippen LogP contribution in [0.3, 0.4) is 0 Å². The smallest absolute Gasteiger partial charge is 0.146 e. The van der Waals surface area contributed by atoms with Crippen molar-refractivity contribution < 1.29 is 8.78 Å². The van der Waals surface area contributed by atoms with Gasteiger partial charge < -0.3 is 5.32 Å². The molecule has 0 radical (unpaired) electrons. The lowest BCUT2D eigenvalue weighted by Gasteiger charge is -2.04. The number of hydrogen-bond acceptors (Lipinski definition) is 1. The van der Waals surface area contributed by atoms with Crippen molar-refractivity contribution >= 4 is 5.69 Å². The van der Waals surface area contributed by atoms with E-state index in [-0.39, 0.29) is 5.69 Å². The van der Waals surface area contributed by atoms with Gasteiger partial charge in [0.15, 0.2) is 0 Å². The Hall–Kier alpha value is -1.38. The first kappa shape index (κ1) is 10.7. The zero-order chi connectivity index (χ0) is 10.6. The summed E-state index contributed by atoms with van der Waals surface area (Å²) in [7, 11) is 0. The molecule has 0 aromatic heterocycles. The molecule has 3 heteroatoms. The molecule has 0 heterocycles. The summed E-state index contributed by atoms with van der Waals surface area (Å²) >= 11 is 0. The van der Waals surface area contributed by atoms with Crippen LogP contribution < -0.4 is 5.32 Å². The number of rotatable bonds is 3. The molecule has 0 saturated heterocycles. The molecule has 14 heavy (non-hydrogen) atoms. The standard InChI is InChI=1S/C11H13F2N/c1-8(2)5-6-14-11-7-9(12)3-4-10(11)13/h3-5,7,14H,6H2,1-2H3. The molecule has 1 nitrogen and oxygen atoms in total. The lowest BCUT2D eigenvalue weighted by molar-refractivity contribution is 0.603. The number of halogens is 2. The summed E-state index contributed by atoms with van der Waals surface area (Å²) < 4.78 is 25.8. The third-order valence-corrected chi connectivity index (χ3v) is 1.73. The van der Waals surface area contributed by atoms with Crippen molar-refractivity contribution in [3.05, 3.63) is 41.5 Å². The number of allylic oxidation sites excluding steroid dienone is 1. The first-order valence-corrected chi connectivity index (χ1v) is 4.42. The Morgan fingerprint density at radius 2 is 2.07 bits per heavy atom. The molecule has 1 N–H and O–H groups in total. The van der Waals surface area contributed by atoms with Crippen molar-refractivity contribution in [3.8, 4) is 0 Å². The van der Waals surface area contributed by atoms with Crippen LogP contribution in [0.5, 0.6) is 0 Å². The highest BCUT2D eigenvalue weighted by molar-refractivity contribution is 5.45. The molecule has 0 aliphatic rings. The first-order chi connectivity index (χ1) is 6.59. The minimum absolute atomic E-state index is 0.197. The van der Waals surface area contributed by atoms with E-state index in [9.17, 15) is 8.78 Å². The molecule has 0 atom stereocenters. The Morgan fingerprint density at radius 3 is 2.71 bits per heavy atom. The minimum Gasteiger partial charge on any atom is -0.379 e. The van der Waals surface area contributed by atoms with Crippen molar-refractivity contribution in [2.24, 2.45) is 0 Å². The molecule has 1 aromatic carbocycles. The van der Waals surface area contributed by atoms with E-state index in [1.807, 2.05) is 19.9 Å². The second kappa shape index (κ2) is 4.74. The van der Waals surface area contributed by atoms with Crippen molar-refractivity contribution in [1.29, 1.82) is 0 Å². The largest absolute Gasteiger partial charge is 0.379 e. The zero-order valence-electron chi connectivity index (χ0n) is 8.27. The highest BCUT2D eigenvalue weighted by Gasteiger charge is 2.01.